The van der Waals surface area contributed by atoms with Crippen LogP contribution in [0.15, 0.2) is 29.0 Å². The third kappa shape index (κ3) is 3.95. The topological polar surface area (TPSA) is 91.0 Å². The number of aromatic amines is 1. The van der Waals surface area contributed by atoms with E-state index in [4.69, 9.17) is 0 Å². The van der Waals surface area contributed by atoms with Gasteiger partial charge in [0.05, 0.1) is 10.2 Å². The number of hydrogen-bond donors (Lipinski definition) is 2. The molecule has 1 fully saturated rings. The van der Waals surface area contributed by atoms with Gasteiger partial charge in [-0.2, -0.15) is 5.10 Å². The average Bonchev–Trinajstić information content (AvgIpc) is 3.04. The van der Waals surface area contributed by atoms with E-state index in [-0.39, 0.29) is 23.8 Å². The number of aromatic nitrogens is 3. The lowest BCUT2D eigenvalue weighted by Crippen LogP contribution is -2.46. The Morgan fingerprint density at radius 1 is 1.27 bits per heavy atom. The summed E-state index contributed by atoms with van der Waals surface area (Å²) >= 11 is 3.46. The monoisotopic (exact) mass is 419 g/mol. The number of carbonyl (C=O) groups excluding carboxylic acids is 2. The molecule has 0 saturated carbocycles. The lowest BCUT2D eigenvalue weighted by atomic mass is 10.0. The molecule has 138 valence electrons. The van der Waals surface area contributed by atoms with Gasteiger partial charge in [-0.3, -0.25) is 19.7 Å². The van der Waals surface area contributed by atoms with Crippen LogP contribution in [0.5, 0.6) is 0 Å². The normalized spacial score (nSPS) is 15.3. The van der Waals surface area contributed by atoms with Crippen LogP contribution in [-0.4, -0.2) is 51.0 Å². The van der Waals surface area contributed by atoms with Crippen molar-refractivity contribution in [3.63, 3.8) is 0 Å². The van der Waals surface area contributed by atoms with Gasteiger partial charge in [0.25, 0.3) is 11.8 Å². The van der Waals surface area contributed by atoms with Crippen molar-refractivity contribution in [3.8, 4) is 0 Å². The number of H-pyrrole nitrogens is 1. The highest BCUT2D eigenvalue weighted by atomic mass is 79.9. The van der Waals surface area contributed by atoms with Gasteiger partial charge in [-0.15, -0.1) is 0 Å². The molecule has 2 aromatic heterocycles. The van der Waals surface area contributed by atoms with Crippen LogP contribution in [0.4, 0.5) is 0 Å². The Morgan fingerprint density at radius 2 is 1.92 bits per heavy atom. The second-order valence-corrected chi connectivity index (χ2v) is 7.52. The summed E-state index contributed by atoms with van der Waals surface area (Å²) in [6, 6.07) is 3.48. The summed E-state index contributed by atoms with van der Waals surface area (Å²) in [7, 11) is 0. The van der Waals surface area contributed by atoms with Crippen molar-refractivity contribution >= 4 is 27.7 Å². The zero-order valence-electron chi connectivity index (χ0n) is 14.8. The summed E-state index contributed by atoms with van der Waals surface area (Å²) in [5.41, 5.74) is 1.93. The fourth-order valence-electron chi connectivity index (χ4n) is 3.03. The van der Waals surface area contributed by atoms with Gasteiger partial charge in [0.1, 0.15) is 0 Å². The average molecular weight is 420 g/mol. The van der Waals surface area contributed by atoms with Crippen molar-refractivity contribution in [2.75, 3.05) is 13.1 Å². The van der Waals surface area contributed by atoms with Gasteiger partial charge in [-0.05, 0) is 46.8 Å². The van der Waals surface area contributed by atoms with Gasteiger partial charge in [-0.1, -0.05) is 13.8 Å². The van der Waals surface area contributed by atoms with Crippen molar-refractivity contribution in [2.45, 2.75) is 38.6 Å². The lowest BCUT2D eigenvalue weighted by molar-refractivity contribution is 0.0697. The van der Waals surface area contributed by atoms with Crippen molar-refractivity contribution in [2.24, 2.45) is 0 Å². The molecule has 0 unspecified atom stereocenters. The van der Waals surface area contributed by atoms with Gasteiger partial charge < -0.3 is 10.2 Å². The Morgan fingerprint density at radius 3 is 2.50 bits per heavy atom. The van der Waals surface area contributed by atoms with Crippen LogP contribution >= 0.6 is 15.9 Å². The summed E-state index contributed by atoms with van der Waals surface area (Å²) in [6.07, 6.45) is 4.68. The number of carbonyl (C=O) groups is 2. The Bertz CT molecular complexity index is 782. The van der Waals surface area contributed by atoms with Gasteiger partial charge >= 0.3 is 0 Å². The Hall–Kier alpha value is -2.22. The second-order valence-electron chi connectivity index (χ2n) is 6.73. The molecule has 1 saturated heterocycles. The maximum absolute atomic E-state index is 12.5. The van der Waals surface area contributed by atoms with Crippen molar-refractivity contribution in [1.82, 2.24) is 25.4 Å². The first-order valence-corrected chi connectivity index (χ1v) is 9.50. The molecule has 0 aromatic carbocycles. The number of rotatable bonds is 4. The molecular weight excluding hydrogens is 398 g/mol. The number of amides is 2. The molecule has 1 aliphatic heterocycles. The van der Waals surface area contributed by atoms with E-state index < -0.39 is 0 Å². The highest BCUT2D eigenvalue weighted by molar-refractivity contribution is 9.10. The first kappa shape index (κ1) is 18.6. The lowest BCUT2D eigenvalue weighted by Gasteiger charge is -2.32. The van der Waals surface area contributed by atoms with E-state index in [1.54, 1.807) is 24.5 Å². The predicted octanol–water partition coefficient (Wildman–Crippen LogP) is 2.73. The van der Waals surface area contributed by atoms with Crippen LogP contribution in [0.1, 0.15) is 59.1 Å². The third-order valence-corrected chi connectivity index (χ3v) is 5.37. The summed E-state index contributed by atoms with van der Waals surface area (Å²) in [5, 5.41) is 10.1. The van der Waals surface area contributed by atoms with Crippen LogP contribution in [-0.2, 0) is 0 Å². The van der Waals surface area contributed by atoms with Crippen molar-refractivity contribution in [1.29, 1.82) is 0 Å². The fraction of sp³-hybridized carbons (Fsp3) is 0.444. The Balaban J connectivity index is 1.56. The fourth-order valence-corrected chi connectivity index (χ4v) is 3.85. The van der Waals surface area contributed by atoms with Gasteiger partial charge in [0, 0.05) is 37.1 Å². The minimum Gasteiger partial charge on any atom is -0.348 e. The highest BCUT2D eigenvalue weighted by Crippen LogP contribution is 2.25. The van der Waals surface area contributed by atoms with Crippen LogP contribution in [0.2, 0.25) is 0 Å². The van der Waals surface area contributed by atoms with E-state index in [1.165, 1.54) is 0 Å². The van der Waals surface area contributed by atoms with E-state index in [2.05, 4.69) is 36.4 Å². The van der Waals surface area contributed by atoms with Crippen LogP contribution in [0.3, 0.4) is 0 Å². The van der Waals surface area contributed by atoms with E-state index >= 15 is 0 Å². The van der Waals surface area contributed by atoms with Crippen molar-refractivity contribution in [3.05, 3.63) is 46.0 Å². The van der Waals surface area contributed by atoms with E-state index in [9.17, 15) is 9.59 Å². The molecule has 0 aliphatic carbocycles. The zero-order chi connectivity index (χ0) is 18.7. The standard InChI is InChI=1S/C18H22BrN5O2/c1-11(2)15-14(19)16(23-22-15)17(25)21-13-5-9-24(10-6-13)18(26)12-3-7-20-8-4-12/h3-4,7-8,11,13H,5-6,9-10H2,1-2H3,(H,21,25)(H,22,23). The van der Waals surface area contributed by atoms with Gasteiger partial charge in [0.15, 0.2) is 5.69 Å². The smallest absolute Gasteiger partial charge is 0.273 e. The first-order chi connectivity index (χ1) is 12.5. The number of halogens is 1. The molecule has 26 heavy (non-hydrogen) atoms. The second kappa shape index (κ2) is 7.99. The summed E-state index contributed by atoms with van der Waals surface area (Å²) < 4.78 is 0.718. The van der Waals surface area contributed by atoms with Gasteiger partial charge in [0.2, 0.25) is 0 Å². The molecule has 1 aliphatic rings. The molecule has 8 heteroatoms. The quantitative estimate of drug-likeness (QED) is 0.796. The third-order valence-electron chi connectivity index (χ3n) is 4.57. The first-order valence-electron chi connectivity index (χ1n) is 8.71. The molecule has 2 aromatic rings. The van der Waals surface area contributed by atoms with E-state index in [1.807, 2.05) is 18.7 Å². The molecule has 7 nitrogen and oxygen atoms in total. The molecule has 2 N–H and O–H groups in total. The summed E-state index contributed by atoms with van der Waals surface area (Å²) in [6.45, 7) is 5.31. The molecule has 0 spiro atoms. The van der Waals surface area contributed by atoms with Crippen LogP contribution in [0, 0.1) is 0 Å². The maximum Gasteiger partial charge on any atom is 0.273 e. The molecule has 3 heterocycles. The molecule has 0 bridgehead atoms. The largest absolute Gasteiger partial charge is 0.348 e. The Kier molecular flexibility index (Phi) is 5.70. The number of nitrogens with zero attached hydrogens (tertiary/aromatic N) is 3. The molecule has 0 radical (unpaired) electrons. The number of hydrogen-bond acceptors (Lipinski definition) is 4. The minimum absolute atomic E-state index is 0.00815. The van der Waals surface area contributed by atoms with E-state index in [0.29, 0.717) is 24.3 Å². The number of nitrogens with one attached hydrogen (secondary N) is 2. The SMILES string of the molecule is CC(C)c1[nH]nc(C(=O)NC2CCN(C(=O)c3ccncc3)CC2)c1Br. The molecule has 2 amide bonds. The highest BCUT2D eigenvalue weighted by Gasteiger charge is 2.26. The molecular formula is C18H22BrN5O2. The maximum atomic E-state index is 12.5. The molecule has 0 atom stereocenters. The number of likely N-dealkylation sites (tertiary alicyclic amines) is 1. The van der Waals surface area contributed by atoms with Crippen LogP contribution < -0.4 is 5.32 Å². The van der Waals surface area contributed by atoms with Gasteiger partial charge in [-0.25, -0.2) is 0 Å². The summed E-state index contributed by atoms with van der Waals surface area (Å²) in [4.78, 5) is 30.7. The Labute approximate surface area is 160 Å². The van der Waals surface area contributed by atoms with E-state index in [0.717, 1.165) is 23.0 Å². The predicted molar refractivity (Wildman–Crippen MR) is 101 cm³/mol. The zero-order valence-corrected chi connectivity index (χ0v) is 16.4. The minimum atomic E-state index is -0.195. The molecule has 3 rings (SSSR count). The number of pyridine rings is 1. The van der Waals surface area contributed by atoms with Crippen molar-refractivity contribution < 1.29 is 9.59 Å². The number of piperidine rings is 1. The summed E-state index contributed by atoms with van der Waals surface area (Å²) in [5.74, 6) is 0.0635. The van der Waals surface area contributed by atoms with Crippen LogP contribution in [0.25, 0.3) is 0 Å².